The molecule has 1 heterocycles. The molecule has 34 heavy (non-hydrogen) atoms. The number of anilines is 1. The number of benzene rings is 2. The van der Waals surface area contributed by atoms with E-state index in [1.165, 1.54) is 4.90 Å². The Bertz CT molecular complexity index is 1020. The summed E-state index contributed by atoms with van der Waals surface area (Å²) < 4.78 is 78.4. The number of carbonyl (C=O) groups excluding carboxylic acids is 1. The smallest absolute Gasteiger partial charge is 0.416 e. The molecule has 184 valence electrons. The zero-order chi connectivity index (χ0) is 25.3. The van der Waals surface area contributed by atoms with Gasteiger partial charge in [0.2, 0.25) is 0 Å². The lowest BCUT2D eigenvalue weighted by Gasteiger charge is -2.38. The molecule has 0 aliphatic carbocycles. The van der Waals surface area contributed by atoms with Crippen LogP contribution in [0.2, 0.25) is 0 Å². The number of alkyl halides is 6. The van der Waals surface area contributed by atoms with Gasteiger partial charge in [-0.3, -0.25) is 0 Å². The van der Waals surface area contributed by atoms with Crippen molar-refractivity contribution in [2.45, 2.75) is 37.7 Å². The lowest BCUT2D eigenvalue weighted by molar-refractivity contribution is -0.143. The standard InChI is InChI=1S/C22H21F6N3O3/c1-12-2-4-13(5-3-12)17-11-31(20(33)34)7-6-18(17)30-19(32)29-16-9-14(21(23,24)25)8-15(10-16)22(26,27)28/h2-5,8-10,17-18H,6-7,11H2,1H3,(H,33,34)(H2,29,30,32). The molecule has 12 heteroatoms. The number of carboxylic acid groups (broad SMARTS) is 1. The van der Waals surface area contributed by atoms with Crippen LogP contribution in [0.4, 0.5) is 41.6 Å². The molecule has 1 saturated heterocycles. The van der Waals surface area contributed by atoms with E-state index in [-0.39, 0.29) is 25.6 Å². The number of nitrogens with zero attached hydrogens (tertiary/aromatic N) is 1. The van der Waals surface area contributed by atoms with Gasteiger partial charge in [0.05, 0.1) is 11.1 Å². The molecule has 0 spiro atoms. The van der Waals surface area contributed by atoms with E-state index in [1.807, 2.05) is 24.4 Å². The zero-order valence-corrected chi connectivity index (χ0v) is 17.8. The monoisotopic (exact) mass is 489 g/mol. The normalized spacial score (nSPS) is 19.0. The lowest BCUT2D eigenvalue weighted by atomic mass is 9.86. The minimum absolute atomic E-state index is 0.0296. The number of nitrogens with one attached hydrogen (secondary N) is 2. The summed E-state index contributed by atoms with van der Waals surface area (Å²) in [6, 6.07) is 6.38. The first-order chi connectivity index (χ1) is 15.7. The molecule has 1 fully saturated rings. The molecule has 0 bridgehead atoms. The lowest BCUT2D eigenvalue weighted by Crippen LogP contribution is -2.51. The third kappa shape index (κ3) is 6.12. The SMILES string of the molecule is Cc1ccc(C2CN(C(=O)O)CCC2NC(=O)Nc2cc(C(F)(F)F)cc(C(F)(F)F)c2)cc1. The summed E-state index contributed by atoms with van der Waals surface area (Å²) in [5, 5.41) is 14.0. The molecule has 3 rings (SSSR count). The second-order valence-corrected chi connectivity index (χ2v) is 8.03. The van der Waals surface area contributed by atoms with E-state index in [4.69, 9.17) is 0 Å². The van der Waals surface area contributed by atoms with Crippen LogP contribution in [0.15, 0.2) is 42.5 Å². The number of rotatable bonds is 3. The Labute approximate surface area is 190 Å². The molecule has 2 aromatic rings. The molecule has 1 aliphatic rings. The van der Waals surface area contributed by atoms with Crippen molar-refractivity contribution >= 4 is 17.8 Å². The molecule has 2 atom stereocenters. The number of piperidine rings is 1. The second-order valence-electron chi connectivity index (χ2n) is 8.03. The van der Waals surface area contributed by atoms with Crippen LogP contribution in [-0.2, 0) is 12.4 Å². The molecule has 2 aromatic carbocycles. The Morgan fingerprint density at radius 3 is 2.03 bits per heavy atom. The fourth-order valence-electron chi connectivity index (χ4n) is 3.81. The summed E-state index contributed by atoms with van der Waals surface area (Å²) in [6.07, 6.45) is -11.0. The zero-order valence-electron chi connectivity index (χ0n) is 17.8. The Morgan fingerprint density at radius 1 is 0.971 bits per heavy atom. The maximum atomic E-state index is 13.1. The van der Waals surface area contributed by atoms with Crippen molar-refractivity contribution in [1.82, 2.24) is 10.2 Å². The van der Waals surface area contributed by atoms with E-state index in [0.29, 0.717) is 12.1 Å². The number of aryl methyl sites for hydroxylation is 1. The number of amides is 3. The van der Waals surface area contributed by atoms with Crippen LogP contribution in [0.25, 0.3) is 0 Å². The molecular weight excluding hydrogens is 468 g/mol. The van der Waals surface area contributed by atoms with Crippen molar-refractivity contribution in [3.63, 3.8) is 0 Å². The fourth-order valence-corrected chi connectivity index (χ4v) is 3.81. The first-order valence-corrected chi connectivity index (χ1v) is 10.2. The highest BCUT2D eigenvalue weighted by atomic mass is 19.4. The van der Waals surface area contributed by atoms with Gasteiger partial charge in [0.1, 0.15) is 0 Å². The number of likely N-dealkylation sites (tertiary alicyclic amines) is 1. The molecule has 3 N–H and O–H groups in total. The topological polar surface area (TPSA) is 81.7 Å². The van der Waals surface area contributed by atoms with Gasteiger partial charge in [0.15, 0.2) is 0 Å². The van der Waals surface area contributed by atoms with Gasteiger partial charge in [-0.15, -0.1) is 0 Å². The molecule has 6 nitrogen and oxygen atoms in total. The van der Waals surface area contributed by atoms with Crippen LogP contribution in [0.3, 0.4) is 0 Å². The van der Waals surface area contributed by atoms with E-state index >= 15 is 0 Å². The Kier molecular flexibility index (Phi) is 6.99. The van der Waals surface area contributed by atoms with Crippen molar-refractivity contribution in [2.24, 2.45) is 0 Å². The van der Waals surface area contributed by atoms with E-state index < -0.39 is 53.3 Å². The largest absolute Gasteiger partial charge is 0.465 e. The fraction of sp³-hybridized carbons (Fsp3) is 0.364. The van der Waals surface area contributed by atoms with Gasteiger partial charge in [0, 0.05) is 30.7 Å². The number of hydrogen-bond donors (Lipinski definition) is 3. The molecule has 0 saturated carbocycles. The maximum Gasteiger partial charge on any atom is 0.416 e. The van der Waals surface area contributed by atoms with Crippen LogP contribution >= 0.6 is 0 Å². The minimum Gasteiger partial charge on any atom is -0.465 e. The highest BCUT2D eigenvalue weighted by Crippen LogP contribution is 2.37. The Balaban J connectivity index is 1.82. The Morgan fingerprint density at radius 2 is 1.53 bits per heavy atom. The predicted octanol–water partition coefficient (Wildman–Crippen LogP) is 5.69. The van der Waals surface area contributed by atoms with E-state index in [9.17, 15) is 41.0 Å². The van der Waals surface area contributed by atoms with Crippen molar-refractivity contribution < 1.29 is 41.0 Å². The van der Waals surface area contributed by atoms with E-state index in [1.54, 1.807) is 12.1 Å². The van der Waals surface area contributed by atoms with Crippen molar-refractivity contribution in [1.29, 1.82) is 0 Å². The average Bonchev–Trinajstić information content (AvgIpc) is 2.73. The summed E-state index contributed by atoms with van der Waals surface area (Å²) in [5.41, 5.74) is -2.08. The van der Waals surface area contributed by atoms with Gasteiger partial charge in [-0.05, 0) is 37.1 Å². The summed E-state index contributed by atoms with van der Waals surface area (Å²) in [5.74, 6) is -0.469. The van der Waals surface area contributed by atoms with Crippen LogP contribution in [0, 0.1) is 6.92 Å². The van der Waals surface area contributed by atoms with Gasteiger partial charge < -0.3 is 20.6 Å². The van der Waals surface area contributed by atoms with Gasteiger partial charge in [-0.1, -0.05) is 29.8 Å². The van der Waals surface area contributed by atoms with Gasteiger partial charge in [-0.25, -0.2) is 9.59 Å². The third-order valence-corrected chi connectivity index (χ3v) is 5.55. The van der Waals surface area contributed by atoms with Crippen molar-refractivity contribution in [3.05, 3.63) is 64.7 Å². The van der Waals surface area contributed by atoms with Gasteiger partial charge in [0.25, 0.3) is 0 Å². The third-order valence-electron chi connectivity index (χ3n) is 5.55. The van der Waals surface area contributed by atoms with Crippen molar-refractivity contribution in [3.8, 4) is 0 Å². The number of hydrogen-bond acceptors (Lipinski definition) is 2. The van der Waals surface area contributed by atoms with Gasteiger partial charge in [-0.2, -0.15) is 26.3 Å². The van der Waals surface area contributed by atoms with Crippen molar-refractivity contribution in [2.75, 3.05) is 18.4 Å². The van der Waals surface area contributed by atoms with Crippen LogP contribution in [0.1, 0.15) is 34.6 Å². The summed E-state index contributed by atoms with van der Waals surface area (Å²) >= 11 is 0. The highest BCUT2D eigenvalue weighted by molar-refractivity contribution is 5.89. The predicted molar refractivity (Wildman–Crippen MR) is 111 cm³/mol. The molecule has 2 unspecified atom stereocenters. The highest BCUT2D eigenvalue weighted by Gasteiger charge is 2.37. The van der Waals surface area contributed by atoms with Gasteiger partial charge >= 0.3 is 24.5 Å². The van der Waals surface area contributed by atoms with E-state index in [2.05, 4.69) is 5.32 Å². The number of urea groups is 1. The Hall–Kier alpha value is -3.44. The second kappa shape index (κ2) is 9.43. The van der Waals surface area contributed by atoms with Crippen LogP contribution in [0.5, 0.6) is 0 Å². The first kappa shape index (κ1) is 25.2. The molecular formula is C22H21F6N3O3. The molecule has 0 radical (unpaired) electrons. The van der Waals surface area contributed by atoms with Crippen LogP contribution < -0.4 is 10.6 Å². The average molecular weight is 489 g/mol. The molecule has 0 aromatic heterocycles. The quantitative estimate of drug-likeness (QED) is 0.485. The molecule has 1 aliphatic heterocycles. The first-order valence-electron chi connectivity index (χ1n) is 10.2. The summed E-state index contributed by atoms with van der Waals surface area (Å²) in [7, 11) is 0. The summed E-state index contributed by atoms with van der Waals surface area (Å²) in [6.45, 7) is 2.02. The maximum absolute atomic E-state index is 13.1. The number of carbonyl (C=O) groups is 2. The summed E-state index contributed by atoms with van der Waals surface area (Å²) in [4.78, 5) is 25.1. The van der Waals surface area contributed by atoms with Crippen LogP contribution in [-0.4, -0.2) is 41.3 Å². The minimum atomic E-state index is -5.05. The molecule has 3 amide bonds. The number of halogens is 6. The van der Waals surface area contributed by atoms with E-state index in [0.717, 1.165) is 11.1 Å².